The van der Waals surface area contributed by atoms with Gasteiger partial charge < -0.3 is 5.32 Å². The number of amides is 1. The number of rotatable bonds is 4. The highest BCUT2D eigenvalue weighted by Gasteiger charge is 2.60. The maximum Gasteiger partial charge on any atom is 0.226 e. The van der Waals surface area contributed by atoms with Gasteiger partial charge >= 0.3 is 0 Å². The molecule has 0 aromatic heterocycles. The lowest BCUT2D eigenvalue weighted by atomic mass is 9.42. The fourth-order valence-electron chi connectivity index (χ4n) is 6.70. The van der Waals surface area contributed by atoms with Gasteiger partial charge in [-0.3, -0.25) is 4.79 Å². The number of hydrogen-bond donors (Lipinski definition) is 1. The molecule has 2 nitrogen and oxygen atoms in total. The van der Waals surface area contributed by atoms with E-state index in [1.807, 2.05) is 12.1 Å². The van der Waals surface area contributed by atoms with Crippen molar-refractivity contribution < 1.29 is 9.18 Å². The van der Waals surface area contributed by atoms with Gasteiger partial charge in [0.05, 0.1) is 5.41 Å². The van der Waals surface area contributed by atoms with Crippen LogP contribution in [0.5, 0.6) is 0 Å². The molecule has 4 aliphatic carbocycles. The Bertz CT molecular complexity index is 944. The molecule has 1 N–H and O–H groups in total. The average molecular weight is 432 g/mol. The van der Waals surface area contributed by atoms with Crippen molar-refractivity contribution in [3.63, 3.8) is 0 Å². The predicted molar refractivity (Wildman–Crippen MR) is 114 cm³/mol. The van der Waals surface area contributed by atoms with Gasteiger partial charge in [0, 0.05) is 16.6 Å². The molecule has 4 fully saturated rings. The first-order valence-electron chi connectivity index (χ1n) is 10.4. The third kappa shape index (κ3) is 3.37. The summed E-state index contributed by atoms with van der Waals surface area (Å²) in [6.45, 7) is 0.336. The van der Waals surface area contributed by atoms with Crippen molar-refractivity contribution in [2.24, 2.45) is 17.3 Å². The number of carbonyl (C=O) groups is 1. The molecule has 152 valence electrons. The van der Waals surface area contributed by atoms with Crippen LogP contribution in [0.4, 0.5) is 4.39 Å². The summed E-state index contributed by atoms with van der Waals surface area (Å²) in [5, 5.41) is 4.23. The fraction of sp³-hybridized carbons (Fsp3) is 0.458. The van der Waals surface area contributed by atoms with Crippen molar-refractivity contribution in [1.82, 2.24) is 5.32 Å². The van der Waals surface area contributed by atoms with Crippen LogP contribution in [0.1, 0.15) is 49.7 Å². The first kappa shape index (κ1) is 19.4. The Morgan fingerprint density at radius 2 is 1.72 bits per heavy atom. The Morgan fingerprint density at radius 1 is 1.03 bits per heavy atom. The minimum absolute atomic E-state index is 0.0829. The molecular formula is C24H24Cl2FNO. The van der Waals surface area contributed by atoms with Crippen molar-refractivity contribution >= 4 is 29.1 Å². The van der Waals surface area contributed by atoms with E-state index in [1.165, 1.54) is 37.0 Å². The molecule has 2 atom stereocenters. The number of hydrogen-bond acceptors (Lipinski definition) is 1. The van der Waals surface area contributed by atoms with E-state index in [-0.39, 0.29) is 22.6 Å². The zero-order valence-corrected chi connectivity index (χ0v) is 17.7. The van der Waals surface area contributed by atoms with E-state index in [4.69, 9.17) is 23.2 Å². The molecule has 4 bridgehead atoms. The van der Waals surface area contributed by atoms with E-state index < -0.39 is 0 Å². The molecule has 2 aromatic carbocycles. The van der Waals surface area contributed by atoms with Gasteiger partial charge in [-0.15, -0.1) is 0 Å². The molecule has 6 rings (SSSR count). The molecule has 2 aromatic rings. The van der Waals surface area contributed by atoms with Crippen LogP contribution in [0.3, 0.4) is 0 Å². The van der Waals surface area contributed by atoms with Crippen LogP contribution in [0, 0.1) is 23.1 Å². The highest BCUT2D eigenvalue weighted by molar-refractivity contribution is 6.31. The third-order valence-corrected chi connectivity index (χ3v) is 8.06. The Hall–Kier alpha value is -1.58. The van der Waals surface area contributed by atoms with Crippen molar-refractivity contribution in [2.75, 3.05) is 0 Å². The highest BCUT2D eigenvalue weighted by Crippen LogP contribution is 2.65. The van der Waals surface area contributed by atoms with Crippen LogP contribution in [-0.2, 0) is 16.8 Å². The third-order valence-electron chi connectivity index (χ3n) is 7.45. The molecular weight excluding hydrogens is 408 g/mol. The lowest BCUT2D eigenvalue weighted by molar-refractivity contribution is -0.149. The van der Waals surface area contributed by atoms with E-state index >= 15 is 0 Å². The smallest absolute Gasteiger partial charge is 0.226 e. The molecule has 5 heteroatoms. The first-order chi connectivity index (χ1) is 13.9. The number of nitrogens with one attached hydrogen (secondary N) is 1. The SMILES string of the molecule is O=C(NCc1ccc(F)cc1Cl)C12CC3CC(C1)CC(c1ccc(Cl)cc1)(C3)C2. The van der Waals surface area contributed by atoms with Gasteiger partial charge in [0.1, 0.15) is 5.82 Å². The molecule has 4 aliphatic rings. The summed E-state index contributed by atoms with van der Waals surface area (Å²) < 4.78 is 13.3. The Balaban J connectivity index is 1.39. The van der Waals surface area contributed by atoms with Crippen molar-refractivity contribution in [3.05, 3.63) is 69.5 Å². The number of benzene rings is 2. The molecule has 2 unspecified atom stereocenters. The summed E-state index contributed by atoms with van der Waals surface area (Å²) in [5.74, 6) is 0.973. The summed E-state index contributed by atoms with van der Waals surface area (Å²) in [6.07, 6.45) is 6.43. The van der Waals surface area contributed by atoms with Crippen molar-refractivity contribution in [2.45, 2.75) is 50.5 Å². The summed E-state index contributed by atoms with van der Waals surface area (Å²) in [4.78, 5) is 13.4. The summed E-state index contributed by atoms with van der Waals surface area (Å²) in [6, 6.07) is 12.6. The standard InChI is InChI=1S/C24H24Cl2FNO/c25-19-4-2-18(3-5-19)23-9-15-7-16(10-23)12-24(11-15,14-23)22(29)28-13-17-1-6-20(27)8-21(17)26/h1-6,8,15-16H,7,9-14H2,(H,28,29). The van der Waals surface area contributed by atoms with Crippen LogP contribution >= 0.6 is 23.2 Å². The van der Waals surface area contributed by atoms with Crippen LogP contribution in [0.15, 0.2) is 42.5 Å². The summed E-state index contributed by atoms with van der Waals surface area (Å²) in [7, 11) is 0. The van der Waals surface area contributed by atoms with Gasteiger partial charge in [0.25, 0.3) is 0 Å². The largest absolute Gasteiger partial charge is 0.351 e. The minimum atomic E-state index is -0.365. The molecule has 0 radical (unpaired) electrons. The molecule has 0 aliphatic heterocycles. The van der Waals surface area contributed by atoms with E-state index in [0.29, 0.717) is 23.4 Å². The van der Waals surface area contributed by atoms with Gasteiger partial charge in [-0.05, 0) is 91.2 Å². The zero-order chi connectivity index (χ0) is 20.2. The van der Waals surface area contributed by atoms with E-state index in [2.05, 4.69) is 17.4 Å². The van der Waals surface area contributed by atoms with Crippen LogP contribution < -0.4 is 5.32 Å². The normalized spacial score (nSPS) is 32.4. The van der Waals surface area contributed by atoms with Gasteiger partial charge in [0.2, 0.25) is 5.91 Å². The second kappa shape index (κ2) is 6.99. The van der Waals surface area contributed by atoms with Crippen molar-refractivity contribution in [1.29, 1.82) is 0 Å². The lowest BCUT2D eigenvalue weighted by Crippen LogP contribution is -2.59. The first-order valence-corrected chi connectivity index (χ1v) is 11.1. The maximum atomic E-state index is 13.4. The highest BCUT2D eigenvalue weighted by atomic mass is 35.5. The van der Waals surface area contributed by atoms with Crippen LogP contribution in [-0.4, -0.2) is 5.91 Å². The second-order valence-electron chi connectivity index (χ2n) is 9.45. The van der Waals surface area contributed by atoms with Gasteiger partial charge in [-0.2, -0.15) is 0 Å². The lowest BCUT2D eigenvalue weighted by Gasteiger charge is -2.61. The van der Waals surface area contributed by atoms with E-state index in [1.54, 1.807) is 6.07 Å². The van der Waals surface area contributed by atoms with Gasteiger partial charge in [-0.1, -0.05) is 41.4 Å². The molecule has 0 spiro atoms. The maximum absolute atomic E-state index is 13.4. The average Bonchev–Trinajstić information content (AvgIpc) is 2.66. The molecule has 29 heavy (non-hydrogen) atoms. The topological polar surface area (TPSA) is 29.1 Å². The summed E-state index contributed by atoms with van der Waals surface area (Å²) in [5.41, 5.74) is 1.85. The Morgan fingerprint density at radius 3 is 2.38 bits per heavy atom. The number of halogens is 3. The minimum Gasteiger partial charge on any atom is -0.351 e. The van der Waals surface area contributed by atoms with Gasteiger partial charge in [0.15, 0.2) is 0 Å². The molecule has 0 heterocycles. The van der Waals surface area contributed by atoms with Crippen molar-refractivity contribution in [3.8, 4) is 0 Å². The second-order valence-corrected chi connectivity index (χ2v) is 10.3. The van der Waals surface area contributed by atoms with Gasteiger partial charge in [-0.25, -0.2) is 4.39 Å². The predicted octanol–water partition coefficient (Wildman–Crippen LogP) is 6.29. The molecule has 4 saturated carbocycles. The van der Waals surface area contributed by atoms with E-state index in [0.717, 1.165) is 29.8 Å². The Kier molecular flexibility index (Phi) is 4.67. The van der Waals surface area contributed by atoms with Crippen LogP contribution in [0.25, 0.3) is 0 Å². The Labute approximate surface area is 180 Å². The van der Waals surface area contributed by atoms with Crippen LogP contribution in [0.2, 0.25) is 10.0 Å². The summed E-state index contributed by atoms with van der Waals surface area (Å²) >= 11 is 12.3. The molecule has 1 amide bonds. The monoisotopic (exact) mass is 431 g/mol. The fourth-order valence-corrected chi connectivity index (χ4v) is 7.06. The number of carbonyl (C=O) groups excluding carboxylic acids is 1. The molecule has 0 saturated heterocycles. The quantitative estimate of drug-likeness (QED) is 0.605. The van der Waals surface area contributed by atoms with E-state index in [9.17, 15) is 9.18 Å². The zero-order valence-electron chi connectivity index (χ0n) is 16.2.